The van der Waals surface area contributed by atoms with Crippen LogP contribution in [0.4, 0.5) is 16.4 Å². The quantitative estimate of drug-likeness (QED) is 0.164. The molecule has 2 aliphatic rings. The van der Waals surface area contributed by atoms with E-state index < -0.39 is 0 Å². The van der Waals surface area contributed by atoms with Crippen LogP contribution < -0.4 is 15.4 Å². The van der Waals surface area contributed by atoms with Crippen molar-refractivity contribution in [1.29, 1.82) is 0 Å². The highest BCUT2D eigenvalue weighted by Crippen LogP contribution is 2.46. The summed E-state index contributed by atoms with van der Waals surface area (Å²) in [5.41, 5.74) is 3.71. The number of amides is 2. The number of hydrogen-bond acceptors (Lipinski definition) is 8. The van der Waals surface area contributed by atoms with E-state index in [1.165, 1.54) is 0 Å². The SMILES string of the molecule is Cc1ccc2c(NC(=O)C3(C)CC3)cccc2c1Oc1ncccc1-c1ccnc(N[C@H]2C[C@@H](C)CN(C(=O)OCc3ccccc3)C2)n1. The molecule has 1 aliphatic heterocycles. The summed E-state index contributed by atoms with van der Waals surface area (Å²) >= 11 is 0. The number of carbonyl (C=O) groups is 2. The first-order valence-electron chi connectivity index (χ1n) is 16.8. The highest BCUT2D eigenvalue weighted by atomic mass is 16.6. The molecule has 3 heterocycles. The fourth-order valence-corrected chi connectivity index (χ4v) is 6.31. The Morgan fingerprint density at radius 2 is 1.76 bits per heavy atom. The molecule has 1 saturated heterocycles. The minimum Gasteiger partial charge on any atom is -0.445 e. The van der Waals surface area contributed by atoms with E-state index in [0.717, 1.165) is 46.8 Å². The Morgan fingerprint density at radius 1 is 0.918 bits per heavy atom. The van der Waals surface area contributed by atoms with E-state index in [-0.39, 0.29) is 36.0 Å². The van der Waals surface area contributed by atoms with Crippen LogP contribution in [0.15, 0.2) is 91.3 Å². The van der Waals surface area contributed by atoms with Crippen molar-refractivity contribution in [3.8, 4) is 22.9 Å². The minimum atomic E-state index is -0.329. The molecule has 1 saturated carbocycles. The summed E-state index contributed by atoms with van der Waals surface area (Å²) in [4.78, 5) is 41.5. The number of aryl methyl sites for hydroxylation is 1. The van der Waals surface area contributed by atoms with Gasteiger partial charge >= 0.3 is 6.09 Å². The Balaban J connectivity index is 1.09. The van der Waals surface area contributed by atoms with E-state index in [2.05, 4.69) is 27.5 Å². The second-order valence-electron chi connectivity index (χ2n) is 13.5. The molecule has 10 heteroatoms. The summed E-state index contributed by atoms with van der Waals surface area (Å²) < 4.78 is 12.2. The van der Waals surface area contributed by atoms with Gasteiger partial charge in [-0.1, -0.05) is 68.4 Å². The van der Waals surface area contributed by atoms with Crippen molar-refractivity contribution in [3.05, 3.63) is 102 Å². The first-order valence-corrected chi connectivity index (χ1v) is 16.8. The molecule has 0 bridgehead atoms. The molecule has 3 aromatic carbocycles. The zero-order valence-corrected chi connectivity index (χ0v) is 28.0. The van der Waals surface area contributed by atoms with Crippen LogP contribution in [-0.4, -0.2) is 51.0 Å². The average Bonchev–Trinajstić information content (AvgIpc) is 3.87. The Bertz CT molecular complexity index is 2000. The molecule has 10 nitrogen and oxygen atoms in total. The number of hydrogen-bond donors (Lipinski definition) is 2. The molecule has 2 aromatic heterocycles. The molecule has 5 aromatic rings. The normalized spacial score (nSPS) is 18.1. The number of carbonyl (C=O) groups excluding carboxylic acids is 2. The van der Waals surface area contributed by atoms with Gasteiger partial charge in [-0.15, -0.1) is 0 Å². The van der Waals surface area contributed by atoms with E-state index in [4.69, 9.17) is 14.5 Å². The second kappa shape index (κ2) is 13.5. The van der Waals surface area contributed by atoms with Crippen LogP contribution in [0.1, 0.15) is 44.2 Å². The molecule has 7 rings (SSSR count). The zero-order valence-electron chi connectivity index (χ0n) is 28.0. The van der Waals surface area contributed by atoms with Crippen molar-refractivity contribution in [3.63, 3.8) is 0 Å². The first kappa shape index (κ1) is 32.1. The highest BCUT2D eigenvalue weighted by molar-refractivity contribution is 6.06. The Kier molecular flexibility index (Phi) is 8.86. The monoisotopic (exact) mass is 656 g/mol. The predicted molar refractivity (Wildman–Crippen MR) is 189 cm³/mol. The van der Waals surface area contributed by atoms with Crippen molar-refractivity contribution in [2.75, 3.05) is 23.7 Å². The number of benzene rings is 3. The van der Waals surface area contributed by atoms with Crippen LogP contribution >= 0.6 is 0 Å². The molecule has 250 valence electrons. The van der Waals surface area contributed by atoms with Gasteiger partial charge in [0.25, 0.3) is 0 Å². The molecule has 2 amide bonds. The smallest absolute Gasteiger partial charge is 0.410 e. The molecule has 0 spiro atoms. The van der Waals surface area contributed by atoms with Crippen LogP contribution in [-0.2, 0) is 16.1 Å². The number of aromatic nitrogens is 3. The van der Waals surface area contributed by atoms with Gasteiger partial charge in [-0.25, -0.2) is 19.7 Å². The third-order valence-corrected chi connectivity index (χ3v) is 9.36. The topological polar surface area (TPSA) is 119 Å². The number of piperidine rings is 1. The molecule has 0 unspecified atom stereocenters. The lowest BCUT2D eigenvalue weighted by atomic mass is 9.96. The molecule has 2 atom stereocenters. The fraction of sp³-hybridized carbons (Fsp3) is 0.308. The number of nitrogens with zero attached hydrogens (tertiary/aromatic N) is 4. The maximum Gasteiger partial charge on any atom is 0.410 e. The Morgan fingerprint density at radius 3 is 2.57 bits per heavy atom. The lowest BCUT2D eigenvalue weighted by Crippen LogP contribution is -2.48. The lowest BCUT2D eigenvalue weighted by molar-refractivity contribution is -0.120. The van der Waals surface area contributed by atoms with Crippen molar-refractivity contribution < 1.29 is 19.1 Å². The lowest BCUT2D eigenvalue weighted by Gasteiger charge is -2.36. The molecule has 1 aliphatic carbocycles. The van der Waals surface area contributed by atoms with Gasteiger partial charge in [0.1, 0.15) is 12.4 Å². The zero-order chi connectivity index (χ0) is 34.0. The number of anilines is 2. The largest absolute Gasteiger partial charge is 0.445 e. The van der Waals surface area contributed by atoms with Gasteiger partial charge in [0.2, 0.25) is 17.7 Å². The number of nitrogens with one attached hydrogen (secondary N) is 2. The van der Waals surface area contributed by atoms with Crippen molar-refractivity contribution in [2.45, 2.75) is 52.7 Å². The number of likely N-dealkylation sites (tertiary alicyclic amines) is 1. The maximum atomic E-state index is 13.0. The summed E-state index contributed by atoms with van der Waals surface area (Å²) in [7, 11) is 0. The number of fused-ring (bicyclic) bond motifs is 1. The predicted octanol–water partition coefficient (Wildman–Crippen LogP) is 7.99. The van der Waals surface area contributed by atoms with Gasteiger partial charge in [-0.3, -0.25) is 4.79 Å². The Hall–Kier alpha value is -5.51. The average molecular weight is 657 g/mol. The number of pyridine rings is 1. The molecule has 2 N–H and O–H groups in total. The standard InChI is InChI=1S/C39H40N6O4/c1-25-21-28(23-45(22-25)38(47)48-24-27-9-5-4-6-10-27)42-37-41-20-16-33(44-37)31-12-8-19-40-35(31)49-34-26(2)14-15-29-30(34)11-7-13-32(29)43-36(46)39(3)17-18-39/h4-16,19-20,25,28H,17-18,21-24H2,1-3H3,(H,43,46)(H,41,42,44)/t25-,28+/m1/s1. The highest BCUT2D eigenvalue weighted by Gasteiger charge is 2.45. The van der Waals surface area contributed by atoms with Crippen molar-refractivity contribution in [1.82, 2.24) is 19.9 Å². The first-order chi connectivity index (χ1) is 23.8. The minimum absolute atomic E-state index is 0.0432. The molecule has 2 fully saturated rings. The van der Waals surface area contributed by atoms with Crippen LogP contribution in [0, 0.1) is 18.3 Å². The number of rotatable bonds is 9. The molecule has 49 heavy (non-hydrogen) atoms. The molecular weight excluding hydrogens is 616 g/mol. The summed E-state index contributed by atoms with van der Waals surface area (Å²) in [6, 6.07) is 25.1. The third kappa shape index (κ3) is 7.18. The van der Waals surface area contributed by atoms with Crippen LogP contribution in [0.2, 0.25) is 0 Å². The van der Waals surface area contributed by atoms with E-state index in [9.17, 15) is 9.59 Å². The van der Waals surface area contributed by atoms with Gasteiger partial charge in [0.15, 0.2) is 0 Å². The molecular formula is C39H40N6O4. The summed E-state index contributed by atoms with van der Waals surface area (Å²) in [6.45, 7) is 7.46. The van der Waals surface area contributed by atoms with Gasteiger partial charge in [-0.2, -0.15) is 0 Å². The van der Waals surface area contributed by atoms with Crippen molar-refractivity contribution in [2.24, 2.45) is 11.3 Å². The van der Waals surface area contributed by atoms with Crippen LogP contribution in [0.3, 0.4) is 0 Å². The second-order valence-corrected chi connectivity index (χ2v) is 13.5. The molecule has 0 radical (unpaired) electrons. The van der Waals surface area contributed by atoms with Gasteiger partial charge in [0.05, 0.1) is 11.3 Å². The van der Waals surface area contributed by atoms with E-state index in [1.54, 1.807) is 17.3 Å². The van der Waals surface area contributed by atoms with E-state index >= 15 is 0 Å². The van der Waals surface area contributed by atoms with Crippen LogP contribution in [0.5, 0.6) is 11.6 Å². The van der Waals surface area contributed by atoms with Crippen molar-refractivity contribution >= 4 is 34.4 Å². The third-order valence-electron chi connectivity index (χ3n) is 9.36. The van der Waals surface area contributed by atoms with Gasteiger partial charge in [-0.05, 0) is 67.5 Å². The Labute approximate surface area is 285 Å². The van der Waals surface area contributed by atoms with Gasteiger partial charge < -0.3 is 25.0 Å². The van der Waals surface area contributed by atoms with E-state index in [1.807, 2.05) is 92.7 Å². The maximum absolute atomic E-state index is 13.0. The summed E-state index contributed by atoms with van der Waals surface area (Å²) in [5, 5.41) is 8.36. The van der Waals surface area contributed by atoms with Gasteiger partial charge in [0, 0.05) is 53.4 Å². The summed E-state index contributed by atoms with van der Waals surface area (Å²) in [6.07, 6.45) is 5.74. The fourth-order valence-electron chi connectivity index (χ4n) is 6.31. The summed E-state index contributed by atoms with van der Waals surface area (Å²) in [5.74, 6) is 1.83. The van der Waals surface area contributed by atoms with E-state index in [0.29, 0.717) is 41.9 Å². The number of ether oxygens (including phenoxy) is 2. The van der Waals surface area contributed by atoms with Crippen LogP contribution in [0.25, 0.3) is 22.0 Å².